The molecule has 3 heteroatoms. The van der Waals surface area contributed by atoms with E-state index in [1.165, 1.54) is 24.8 Å². The molecule has 94 valence electrons. The number of nitrogens with zero attached hydrogens (tertiary/aromatic N) is 3. The molecule has 2 rings (SSSR count). The summed E-state index contributed by atoms with van der Waals surface area (Å²) in [6, 6.07) is 8.13. The second-order valence-electron chi connectivity index (χ2n) is 4.04. The Morgan fingerprint density at radius 3 is 2.12 bits per heavy atom. The van der Waals surface area contributed by atoms with E-state index in [2.05, 4.69) is 34.4 Å². The fourth-order valence-electron chi connectivity index (χ4n) is 1.69. The summed E-state index contributed by atoms with van der Waals surface area (Å²) in [5.74, 6) is 0. The zero-order valence-corrected chi connectivity index (χ0v) is 11.2. The van der Waals surface area contributed by atoms with E-state index in [1.54, 1.807) is 0 Å². The summed E-state index contributed by atoms with van der Waals surface area (Å²) < 4.78 is 0. The van der Waals surface area contributed by atoms with Crippen LogP contribution in [0.1, 0.15) is 38.7 Å². The number of hydrogen-bond acceptors (Lipinski definition) is 2. The molecule has 0 N–H and O–H groups in total. The second kappa shape index (κ2) is 7.82. The lowest BCUT2D eigenvalue weighted by molar-refractivity contribution is 0.224. The molecule has 0 aromatic heterocycles. The fourth-order valence-corrected chi connectivity index (χ4v) is 1.69. The zero-order chi connectivity index (χ0) is 12.5. The first-order valence-electron chi connectivity index (χ1n) is 6.58. The highest BCUT2D eigenvalue weighted by Gasteiger charge is 2.06. The summed E-state index contributed by atoms with van der Waals surface area (Å²) in [4.78, 5) is 0. The van der Waals surface area contributed by atoms with Crippen LogP contribution in [0.2, 0.25) is 0 Å². The van der Waals surface area contributed by atoms with E-state index in [9.17, 15) is 0 Å². The number of benzene rings is 1. The van der Waals surface area contributed by atoms with Crippen LogP contribution >= 0.6 is 0 Å². The molecular weight excluding hydrogens is 210 g/mol. The molecule has 1 fully saturated rings. The van der Waals surface area contributed by atoms with Crippen LogP contribution in [0.25, 0.3) is 0 Å². The van der Waals surface area contributed by atoms with Gasteiger partial charge in [-0.05, 0) is 38.3 Å². The Bertz CT molecular complexity index is 324. The first-order chi connectivity index (χ1) is 8.34. The van der Waals surface area contributed by atoms with Gasteiger partial charge in [0.25, 0.3) is 0 Å². The maximum atomic E-state index is 4.24. The number of rotatable bonds is 2. The predicted octanol–water partition coefficient (Wildman–Crippen LogP) is 4.51. The summed E-state index contributed by atoms with van der Waals surface area (Å²) in [6.45, 7) is 8.18. The van der Waals surface area contributed by atoms with E-state index in [4.69, 9.17) is 0 Å². The molecule has 1 aliphatic heterocycles. The van der Waals surface area contributed by atoms with E-state index in [0.29, 0.717) is 0 Å². The third-order valence-electron chi connectivity index (χ3n) is 2.65. The van der Waals surface area contributed by atoms with Gasteiger partial charge in [-0.15, -0.1) is 5.11 Å². The number of piperidine rings is 1. The minimum atomic E-state index is 0.936. The van der Waals surface area contributed by atoms with E-state index in [0.717, 1.165) is 18.8 Å². The Balaban J connectivity index is 0.000000686. The Labute approximate surface area is 105 Å². The van der Waals surface area contributed by atoms with Crippen molar-refractivity contribution >= 4 is 5.69 Å². The van der Waals surface area contributed by atoms with Crippen molar-refractivity contribution in [3.05, 3.63) is 29.8 Å². The molecule has 0 spiro atoms. The van der Waals surface area contributed by atoms with Crippen molar-refractivity contribution in [3.8, 4) is 0 Å². The first kappa shape index (κ1) is 13.7. The first-order valence-corrected chi connectivity index (χ1v) is 6.58. The molecule has 0 aliphatic carbocycles. The highest BCUT2D eigenvalue weighted by atomic mass is 15.5. The van der Waals surface area contributed by atoms with Crippen molar-refractivity contribution in [3.63, 3.8) is 0 Å². The number of aryl methyl sites for hydroxylation is 1. The molecule has 1 aromatic carbocycles. The van der Waals surface area contributed by atoms with Crippen molar-refractivity contribution in [2.75, 3.05) is 13.1 Å². The minimum absolute atomic E-state index is 0.936. The van der Waals surface area contributed by atoms with Gasteiger partial charge in [0.05, 0.1) is 5.69 Å². The Hall–Kier alpha value is -1.38. The van der Waals surface area contributed by atoms with Gasteiger partial charge in [-0.25, -0.2) is 0 Å². The van der Waals surface area contributed by atoms with Crippen LogP contribution in [-0.2, 0) is 0 Å². The van der Waals surface area contributed by atoms with Crippen molar-refractivity contribution < 1.29 is 0 Å². The highest BCUT2D eigenvalue weighted by Crippen LogP contribution is 2.15. The Morgan fingerprint density at radius 2 is 1.53 bits per heavy atom. The normalized spacial score (nSPS) is 15.6. The topological polar surface area (TPSA) is 28.0 Å². The molecule has 0 unspecified atom stereocenters. The lowest BCUT2D eigenvalue weighted by Gasteiger charge is -2.21. The molecular formula is C14H23N3. The molecule has 0 bridgehead atoms. The predicted molar refractivity (Wildman–Crippen MR) is 72.5 cm³/mol. The number of hydrogen-bond donors (Lipinski definition) is 0. The molecule has 0 radical (unpaired) electrons. The van der Waals surface area contributed by atoms with Crippen LogP contribution in [-0.4, -0.2) is 18.1 Å². The van der Waals surface area contributed by atoms with Gasteiger partial charge >= 0.3 is 0 Å². The van der Waals surface area contributed by atoms with Crippen molar-refractivity contribution in [1.29, 1.82) is 0 Å². The van der Waals surface area contributed by atoms with Crippen molar-refractivity contribution in [2.45, 2.75) is 40.0 Å². The molecule has 0 atom stereocenters. The monoisotopic (exact) mass is 233 g/mol. The molecule has 1 heterocycles. The van der Waals surface area contributed by atoms with Gasteiger partial charge in [0.2, 0.25) is 0 Å². The summed E-state index contributed by atoms with van der Waals surface area (Å²) in [6.07, 6.45) is 3.82. The molecule has 1 aliphatic rings. The highest BCUT2D eigenvalue weighted by molar-refractivity contribution is 5.37. The molecule has 0 amide bonds. The third kappa shape index (κ3) is 4.98. The SMILES string of the molecule is CC.Cc1ccc(N=NN2CCCCC2)cc1. The summed E-state index contributed by atoms with van der Waals surface area (Å²) in [5, 5.41) is 10.5. The average molecular weight is 233 g/mol. The van der Waals surface area contributed by atoms with E-state index in [-0.39, 0.29) is 0 Å². The van der Waals surface area contributed by atoms with Crippen LogP contribution in [0.15, 0.2) is 34.6 Å². The molecule has 0 saturated carbocycles. The molecule has 1 saturated heterocycles. The Morgan fingerprint density at radius 1 is 0.941 bits per heavy atom. The summed E-state index contributed by atoms with van der Waals surface area (Å²) in [5.41, 5.74) is 2.19. The van der Waals surface area contributed by atoms with Crippen LogP contribution in [0, 0.1) is 6.92 Å². The average Bonchev–Trinajstić information content (AvgIpc) is 2.42. The van der Waals surface area contributed by atoms with E-state index >= 15 is 0 Å². The lowest BCUT2D eigenvalue weighted by Crippen LogP contribution is -2.23. The lowest BCUT2D eigenvalue weighted by atomic mass is 10.2. The van der Waals surface area contributed by atoms with Gasteiger partial charge in [0.1, 0.15) is 0 Å². The van der Waals surface area contributed by atoms with Crippen LogP contribution in [0.3, 0.4) is 0 Å². The van der Waals surface area contributed by atoms with Gasteiger partial charge in [-0.2, -0.15) is 0 Å². The smallest absolute Gasteiger partial charge is 0.0874 e. The Kier molecular flexibility index (Phi) is 6.30. The van der Waals surface area contributed by atoms with Gasteiger partial charge in [-0.1, -0.05) is 36.8 Å². The molecule has 17 heavy (non-hydrogen) atoms. The van der Waals surface area contributed by atoms with Crippen LogP contribution in [0.5, 0.6) is 0 Å². The van der Waals surface area contributed by atoms with E-state index in [1.807, 2.05) is 26.0 Å². The van der Waals surface area contributed by atoms with Gasteiger partial charge < -0.3 is 0 Å². The summed E-state index contributed by atoms with van der Waals surface area (Å²) >= 11 is 0. The maximum absolute atomic E-state index is 4.24. The quantitative estimate of drug-likeness (QED) is 0.691. The standard InChI is InChI=1S/C12H17N3.C2H6/c1-11-5-7-12(8-6-11)13-14-15-9-3-2-4-10-15;1-2/h5-8H,2-4,9-10H2,1H3;1-2H3. The summed E-state index contributed by atoms with van der Waals surface area (Å²) in [7, 11) is 0. The largest absolute Gasteiger partial charge is 0.278 e. The molecule has 3 nitrogen and oxygen atoms in total. The second-order valence-corrected chi connectivity index (χ2v) is 4.04. The fraction of sp³-hybridized carbons (Fsp3) is 0.571. The van der Waals surface area contributed by atoms with E-state index < -0.39 is 0 Å². The molecule has 1 aromatic rings. The third-order valence-corrected chi connectivity index (χ3v) is 2.65. The zero-order valence-electron chi connectivity index (χ0n) is 11.2. The van der Waals surface area contributed by atoms with Crippen LogP contribution in [0.4, 0.5) is 5.69 Å². The van der Waals surface area contributed by atoms with Crippen molar-refractivity contribution in [1.82, 2.24) is 5.01 Å². The van der Waals surface area contributed by atoms with Gasteiger partial charge in [-0.3, -0.25) is 5.01 Å². The van der Waals surface area contributed by atoms with Crippen molar-refractivity contribution in [2.24, 2.45) is 10.3 Å². The van der Waals surface area contributed by atoms with Crippen LogP contribution < -0.4 is 0 Å². The maximum Gasteiger partial charge on any atom is 0.0874 e. The van der Waals surface area contributed by atoms with Gasteiger partial charge in [0, 0.05) is 13.1 Å². The minimum Gasteiger partial charge on any atom is -0.278 e. The van der Waals surface area contributed by atoms with Gasteiger partial charge in [0.15, 0.2) is 0 Å².